The van der Waals surface area contributed by atoms with E-state index in [2.05, 4.69) is 44.3 Å². The molecule has 16 heavy (non-hydrogen) atoms. The number of likely N-dealkylation sites (N-methyl/N-ethyl adjacent to an activating group) is 1. The summed E-state index contributed by atoms with van der Waals surface area (Å²) in [5, 5.41) is 0. The Kier molecular flexibility index (Phi) is 5.32. The standard InChI is InChI=1S/C12H24IN3/c1-14-5-7-15(8-6-14)9-12-10-16(11-12)4-2-3-13/h12H,2-11H2,1H3. The number of hydrogen-bond donors (Lipinski definition) is 0. The van der Waals surface area contributed by atoms with Crippen molar-refractivity contribution < 1.29 is 0 Å². The molecule has 0 atom stereocenters. The first-order valence-corrected chi connectivity index (χ1v) is 7.99. The molecule has 0 saturated carbocycles. The molecule has 4 heteroatoms. The summed E-state index contributed by atoms with van der Waals surface area (Å²) < 4.78 is 1.30. The van der Waals surface area contributed by atoms with Crippen LogP contribution in [0.2, 0.25) is 0 Å². The molecule has 0 spiro atoms. The van der Waals surface area contributed by atoms with Gasteiger partial charge >= 0.3 is 0 Å². The van der Waals surface area contributed by atoms with Gasteiger partial charge in [-0.2, -0.15) is 0 Å². The van der Waals surface area contributed by atoms with Gasteiger partial charge in [0.1, 0.15) is 0 Å². The van der Waals surface area contributed by atoms with Crippen LogP contribution in [-0.4, -0.2) is 78.5 Å². The van der Waals surface area contributed by atoms with Gasteiger partial charge in [-0.05, 0) is 25.9 Å². The van der Waals surface area contributed by atoms with E-state index in [1.165, 1.54) is 63.2 Å². The van der Waals surface area contributed by atoms with Crippen molar-refractivity contribution in [1.82, 2.24) is 14.7 Å². The van der Waals surface area contributed by atoms with Crippen molar-refractivity contribution in [2.45, 2.75) is 6.42 Å². The van der Waals surface area contributed by atoms with E-state index < -0.39 is 0 Å². The first kappa shape index (κ1) is 13.1. The third-order valence-corrected chi connectivity index (χ3v) is 4.52. The minimum Gasteiger partial charge on any atom is -0.304 e. The van der Waals surface area contributed by atoms with Crippen LogP contribution in [-0.2, 0) is 0 Å². The van der Waals surface area contributed by atoms with E-state index in [1.54, 1.807) is 0 Å². The van der Waals surface area contributed by atoms with Crippen molar-refractivity contribution in [1.29, 1.82) is 0 Å². The Morgan fingerprint density at radius 2 is 1.75 bits per heavy atom. The van der Waals surface area contributed by atoms with Crippen LogP contribution in [0.25, 0.3) is 0 Å². The Labute approximate surface area is 113 Å². The monoisotopic (exact) mass is 337 g/mol. The molecule has 2 aliphatic heterocycles. The molecule has 0 amide bonds. The summed E-state index contributed by atoms with van der Waals surface area (Å²) in [6.45, 7) is 10.4. The molecule has 0 aromatic heterocycles. The molecule has 0 aromatic carbocycles. The normalized spacial score (nSPS) is 25.9. The molecule has 2 heterocycles. The van der Waals surface area contributed by atoms with Gasteiger partial charge < -0.3 is 14.7 Å². The lowest BCUT2D eigenvalue weighted by molar-refractivity contribution is 0.0515. The molecule has 2 saturated heterocycles. The molecule has 94 valence electrons. The van der Waals surface area contributed by atoms with E-state index in [0.717, 1.165) is 5.92 Å². The zero-order valence-electron chi connectivity index (χ0n) is 10.4. The summed E-state index contributed by atoms with van der Waals surface area (Å²) >= 11 is 2.47. The highest BCUT2D eigenvalue weighted by atomic mass is 127. The van der Waals surface area contributed by atoms with Crippen molar-refractivity contribution in [3.8, 4) is 0 Å². The minimum atomic E-state index is 0.956. The Balaban J connectivity index is 1.55. The second kappa shape index (κ2) is 6.52. The quantitative estimate of drug-likeness (QED) is 0.547. The van der Waals surface area contributed by atoms with E-state index in [1.807, 2.05) is 0 Å². The average Bonchev–Trinajstić information content (AvgIpc) is 2.24. The van der Waals surface area contributed by atoms with Gasteiger partial charge in [0.05, 0.1) is 0 Å². The average molecular weight is 337 g/mol. The van der Waals surface area contributed by atoms with E-state index in [4.69, 9.17) is 0 Å². The van der Waals surface area contributed by atoms with Gasteiger partial charge in [-0.15, -0.1) is 0 Å². The molecule has 0 bridgehead atoms. The highest BCUT2D eigenvalue weighted by molar-refractivity contribution is 14.1. The zero-order valence-corrected chi connectivity index (χ0v) is 12.5. The minimum absolute atomic E-state index is 0.956. The largest absolute Gasteiger partial charge is 0.304 e. The van der Waals surface area contributed by atoms with E-state index in [-0.39, 0.29) is 0 Å². The first-order valence-electron chi connectivity index (χ1n) is 6.47. The molecule has 0 N–H and O–H groups in total. The molecule has 2 fully saturated rings. The number of hydrogen-bond acceptors (Lipinski definition) is 3. The van der Waals surface area contributed by atoms with Crippen molar-refractivity contribution in [2.75, 3.05) is 63.8 Å². The van der Waals surface area contributed by atoms with Crippen LogP contribution in [0.1, 0.15) is 6.42 Å². The van der Waals surface area contributed by atoms with Crippen molar-refractivity contribution in [3.05, 3.63) is 0 Å². The Hall–Kier alpha value is 0.610. The second-order valence-corrected chi connectivity index (χ2v) is 6.35. The van der Waals surface area contributed by atoms with Gasteiger partial charge in [-0.3, -0.25) is 0 Å². The zero-order chi connectivity index (χ0) is 11.4. The maximum absolute atomic E-state index is 2.65. The fourth-order valence-electron chi connectivity index (χ4n) is 2.65. The lowest BCUT2D eigenvalue weighted by atomic mass is 9.99. The number of piperazine rings is 1. The van der Waals surface area contributed by atoms with E-state index in [0.29, 0.717) is 0 Å². The topological polar surface area (TPSA) is 9.72 Å². The Bertz CT molecular complexity index is 198. The lowest BCUT2D eigenvalue weighted by Crippen LogP contribution is -2.54. The number of rotatable bonds is 5. The van der Waals surface area contributed by atoms with Gasteiger partial charge in [-0.1, -0.05) is 22.6 Å². The third kappa shape index (κ3) is 3.82. The predicted molar refractivity (Wildman–Crippen MR) is 77.4 cm³/mol. The summed E-state index contributed by atoms with van der Waals surface area (Å²) in [6.07, 6.45) is 1.36. The van der Waals surface area contributed by atoms with Gasteiger partial charge in [0, 0.05) is 50.2 Å². The summed E-state index contributed by atoms with van der Waals surface area (Å²) in [7, 11) is 2.23. The van der Waals surface area contributed by atoms with Gasteiger partial charge in [-0.25, -0.2) is 0 Å². The number of alkyl halides is 1. The Morgan fingerprint density at radius 1 is 1.06 bits per heavy atom. The third-order valence-electron chi connectivity index (χ3n) is 3.75. The van der Waals surface area contributed by atoms with E-state index in [9.17, 15) is 0 Å². The maximum Gasteiger partial charge on any atom is 0.0110 e. The van der Waals surface area contributed by atoms with Crippen LogP contribution in [0.4, 0.5) is 0 Å². The van der Waals surface area contributed by atoms with Crippen LogP contribution >= 0.6 is 22.6 Å². The maximum atomic E-state index is 2.65. The van der Waals surface area contributed by atoms with E-state index >= 15 is 0 Å². The van der Waals surface area contributed by atoms with Crippen LogP contribution in [0.15, 0.2) is 0 Å². The molecule has 0 unspecified atom stereocenters. The smallest absolute Gasteiger partial charge is 0.0110 e. The number of nitrogens with zero attached hydrogens (tertiary/aromatic N) is 3. The summed E-state index contributed by atoms with van der Waals surface area (Å²) in [5.41, 5.74) is 0. The highest BCUT2D eigenvalue weighted by Gasteiger charge is 2.28. The fraction of sp³-hybridized carbons (Fsp3) is 1.00. The SMILES string of the molecule is CN1CCN(CC2CN(CCCI)C2)CC1. The summed E-state index contributed by atoms with van der Waals surface area (Å²) in [6, 6.07) is 0. The molecule has 0 radical (unpaired) electrons. The van der Waals surface area contributed by atoms with Gasteiger partial charge in [0.25, 0.3) is 0 Å². The van der Waals surface area contributed by atoms with Crippen molar-refractivity contribution in [3.63, 3.8) is 0 Å². The van der Waals surface area contributed by atoms with Crippen LogP contribution < -0.4 is 0 Å². The summed E-state index contributed by atoms with van der Waals surface area (Å²) in [4.78, 5) is 7.70. The molecular weight excluding hydrogens is 313 g/mol. The molecule has 2 aliphatic rings. The number of likely N-dealkylation sites (tertiary alicyclic amines) is 1. The van der Waals surface area contributed by atoms with Gasteiger partial charge in [0.2, 0.25) is 0 Å². The van der Waals surface area contributed by atoms with Gasteiger partial charge in [0.15, 0.2) is 0 Å². The van der Waals surface area contributed by atoms with Crippen LogP contribution in [0, 0.1) is 5.92 Å². The van der Waals surface area contributed by atoms with Crippen LogP contribution in [0.3, 0.4) is 0 Å². The predicted octanol–water partition coefficient (Wildman–Crippen LogP) is 0.991. The highest BCUT2D eigenvalue weighted by Crippen LogP contribution is 2.17. The molecule has 3 nitrogen and oxygen atoms in total. The van der Waals surface area contributed by atoms with Crippen molar-refractivity contribution in [2.24, 2.45) is 5.92 Å². The molecule has 0 aliphatic carbocycles. The molecule has 0 aromatic rings. The Morgan fingerprint density at radius 3 is 2.38 bits per heavy atom. The molecular formula is C12H24IN3. The number of halogens is 1. The lowest BCUT2D eigenvalue weighted by Gasteiger charge is -2.43. The van der Waals surface area contributed by atoms with Crippen molar-refractivity contribution >= 4 is 22.6 Å². The second-order valence-electron chi connectivity index (χ2n) is 5.27. The summed E-state index contributed by atoms with van der Waals surface area (Å²) in [5.74, 6) is 0.956. The van der Waals surface area contributed by atoms with Crippen LogP contribution in [0.5, 0.6) is 0 Å². The first-order chi connectivity index (χ1) is 7.78. The molecule has 2 rings (SSSR count). The fourth-order valence-corrected chi connectivity index (χ4v) is 2.99.